The number of aliphatic hydroxyl groups excluding tert-OH is 1. The van der Waals surface area contributed by atoms with Crippen LogP contribution in [0.3, 0.4) is 0 Å². The molecule has 0 aromatic heterocycles. The average Bonchev–Trinajstić information content (AvgIpc) is 2.18. The molecule has 0 saturated carbocycles. The second kappa shape index (κ2) is 5.00. The van der Waals surface area contributed by atoms with E-state index in [-0.39, 0.29) is 6.04 Å². The molecule has 0 saturated heterocycles. The van der Waals surface area contributed by atoms with E-state index in [1.807, 2.05) is 37.3 Å². The molecule has 0 fully saturated rings. The van der Waals surface area contributed by atoms with Crippen LogP contribution >= 0.6 is 0 Å². The highest BCUT2D eigenvalue weighted by Gasteiger charge is 2.12. The highest BCUT2D eigenvalue weighted by molar-refractivity contribution is 5.15. The third-order valence-corrected chi connectivity index (χ3v) is 2.25. The topological polar surface area (TPSA) is 46.2 Å². The fraction of sp³-hybridized carbons (Fsp3) is 0.455. The standard InChI is InChI=1S/C11H17NO/c1-2-10(12)11(13)8-9-6-4-3-5-7-9/h3-7,10-11,13H,2,8,12H2,1H3/t10-,11-/m0/s1. The van der Waals surface area contributed by atoms with Gasteiger partial charge in [0.15, 0.2) is 0 Å². The molecule has 0 unspecified atom stereocenters. The molecule has 72 valence electrons. The van der Waals surface area contributed by atoms with Crippen molar-refractivity contribution in [1.82, 2.24) is 0 Å². The molecule has 2 atom stereocenters. The van der Waals surface area contributed by atoms with Crippen molar-refractivity contribution in [3.8, 4) is 0 Å². The Kier molecular flexibility index (Phi) is 3.93. The van der Waals surface area contributed by atoms with Gasteiger partial charge in [0.2, 0.25) is 0 Å². The molecule has 13 heavy (non-hydrogen) atoms. The lowest BCUT2D eigenvalue weighted by molar-refractivity contribution is 0.142. The van der Waals surface area contributed by atoms with Crippen molar-refractivity contribution in [2.45, 2.75) is 31.9 Å². The number of rotatable bonds is 4. The first-order chi connectivity index (χ1) is 6.24. The molecule has 2 heteroatoms. The lowest BCUT2D eigenvalue weighted by atomic mass is 10.0. The molecule has 3 N–H and O–H groups in total. The van der Waals surface area contributed by atoms with Gasteiger partial charge in [0.05, 0.1) is 6.10 Å². The van der Waals surface area contributed by atoms with Gasteiger partial charge >= 0.3 is 0 Å². The van der Waals surface area contributed by atoms with E-state index in [0.29, 0.717) is 6.42 Å². The van der Waals surface area contributed by atoms with Gasteiger partial charge in [0, 0.05) is 6.04 Å². The van der Waals surface area contributed by atoms with Crippen LogP contribution in [0.4, 0.5) is 0 Å². The summed E-state index contributed by atoms with van der Waals surface area (Å²) in [6, 6.07) is 9.81. The summed E-state index contributed by atoms with van der Waals surface area (Å²) in [6.07, 6.45) is 1.04. The first-order valence-electron chi connectivity index (χ1n) is 4.71. The van der Waals surface area contributed by atoms with Crippen molar-refractivity contribution in [2.24, 2.45) is 5.73 Å². The third kappa shape index (κ3) is 3.17. The minimum atomic E-state index is -0.424. The summed E-state index contributed by atoms with van der Waals surface area (Å²) in [6.45, 7) is 1.98. The summed E-state index contributed by atoms with van der Waals surface area (Å²) in [7, 11) is 0. The third-order valence-electron chi connectivity index (χ3n) is 2.25. The van der Waals surface area contributed by atoms with Gasteiger partial charge in [-0.2, -0.15) is 0 Å². The Labute approximate surface area is 79.4 Å². The van der Waals surface area contributed by atoms with Gasteiger partial charge in [-0.05, 0) is 18.4 Å². The molecule has 0 heterocycles. The van der Waals surface area contributed by atoms with E-state index >= 15 is 0 Å². The lowest BCUT2D eigenvalue weighted by Gasteiger charge is -2.16. The zero-order valence-electron chi connectivity index (χ0n) is 7.98. The fourth-order valence-corrected chi connectivity index (χ4v) is 1.28. The van der Waals surface area contributed by atoms with E-state index in [1.54, 1.807) is 0 Å². The zero-order valence-corrected chi connectivity index (χ0v) is 7.98. The molecule has 0 aliphatic heterocycles. The van der Waals surface area contributed by atoms with E-state index in [9.17, 15) is 5.11 Å². The summed E-state index contributed by atoms with van der Waals surface area (Å²) >= 11 is 0. The molecule has 2 nitrogen and oxygen atoms in total. The molecular weight excluding hydrogens is 162 g/mol. The second-order valence-electron chi connectivity index (χ2n) is 3.33. The average molecular weight is 179 g/mol. The number of nitrogens with two attached hydrogens (primary N) is 1. The molecule has 0 aliphatic carbocycles. The summed E-state index contributed by atoms with van der Waals surface area (Å²) < 4.78 is 0. The van der Waals surface area contributed by atoms with Crippen LogP contribution in [0.5, 0.6) is 0 Å². The van der Waals surface area contributed by atoms with Crippen molar-refractivity contribution >= 4 is 0 Å². The number of hydrogen-bond donors (Lipinski definition) is 2. The van der Waals surface area contributed by atoms with E-state index in [0.717, 1.165) is 12.0 Å². The van der Waals surface area contributed by atoms with Gasteiger partial charge in [-0.15, -0.1) is 0 Å². The minimum absolute atomic E-state index is 0.111. The highest BCUT2D eigenvalue weighted by Crippen LogP contribution is 2.06. The Balaban J connectivity index is 2.50. The zero-order chi connectivity index (χ0) is 9.68. The van der Waals surface area contributed by atoms with E-state index in [2.05, 4.69) is 0 Å². The molecule has 1 rings (SSSR count). The molecule has 1 aromatic carbocycles. The van der Waals surface area contributed by atoms with Crippen molar-refractivity contribution in [3.63, 3.8) is 0 Å². The van der Waals surface area contributed by atoms with Gasteiger partial charge in [-0.3, -0.25) is 0 Å². The van der Waals surface area contributed by atoms with Crippen LogP contribution in [-0.4, -0.2) is 17.3 Å². The van der Waals surface area contributed by atoms with Crippen LogP contribution in [0.15, 0.2) is 30.3 Å². The second-order valence-corrected chi connectivity index (χ2v) is 3.33. The monoisotopic (exact) mass is 179 g/mol. The summed E-state index contributed by atoms with van der Waals surface area (Å²) in [5.74, 6) is 0. The first-order valence-corrected chi connectivity index (χ1v) is 4.71. The van der Waals surface area contributed by atoms with Gasteiger partial charge in [0.1, 0.15) is 0 Å². The predicted octanol–water partition coefficient (Wildman–Crippen LogP) is 1.33. The van der Waals surface area contributed by atoms with Crippen LogP contribution in [0, 0.1) is 0 Å². The molecule has 0 aliphatic rings. The van der Waals surface area contributed by atoms with Gasteiger partial charge in [0.25, 0.3) is 0 Å². The minimum Gasteiger partial charge on any atom is -0.391 e. The SMILES string of the molecule is CC[C@H](N)[C@@H](O)Cc1ccccc1. The Hall–Kier alpha value is -0.860. The molecule has 1 aromatic rings. The van der Waals surface area contributed by atoms with Crippen LogP contribution in [0.1, 0.15) is 18.9 Å². The van der Waals surface area contributed by atoms with Crippen LogP contribution in [-0.2, 0) is 6.42 Å². The molecule has 0 amide bonds. The Bertz CT molecular complexity index is 235. The predicted molar refractivity (Wildman–Crippen MR) is 54.4 cm³/mol. The van der Waals surface area contributed by atoms with E-state index < -0.39 is 6.10 Å². The Morgan fingerprint density at radius 2 is 1.92 bits per heavy atom. The number of aliphatic hydroxyl groups is 1. The van der Waals surface area contributed by atoms with E-state index in [4.69, 9.17) is 5.73 Å². The largest absolute Gasteiger partial charge is 0.391 e. The summed E-state index contributed by atoms with van der Waals surface area (Å²) in [5.41, 5.74) is 6.85. The van der Waals surface area contributed by atoms with Crippen molar-refractivity contribution in [1.29, 1.82) is 0 Å². The van der Waals surface area contributed by atoms with Gasteiger partial charge < -0.3 is 10.8 Å². The van der Waals surface area contributed by atoms with Gasteiger partial charge in [-0.25, -0.2) is 0 Å². The smallest absolute Gasteiger partial charge is 0.0731 e. The van der Waals surface area contributed by atoms with Crippen molar-refractivity contribution in [3.05, 3.63) is 35.9 Å². The molecule has 0 radical (unpaired) electrons. The first kappa shape index (κ1) is 10.2. The quantitative estimate of drug-likeness (QED) is 0.732. The maximum atomic E-state index is 9.65. The molecular formula is C11H17NO. The van der Waals surface area contributed by atoms with Crippen molar-refractivity contribution < 1.29 is 5.11 Å². The van der Waals surface area contributed by atoms with Crippen LogP contribution in [0.25, 0.3) is 0 Å². The fourth-order valence-electron chi connectivity index (χ4n) is 1.28. The highest BCUT2D eigenvalue weighted by atomic mass is 16.3. The van der Waals surface area contributed by atoms with Gasteiger partial charge in [-0.1, -0.05) is 37.3 Å². The molecule has 0 bridgehead atoms. The van der Waals surface area contributed by atoms with E-state index in [1.165, 1.54) is 0 Å². The lowest BCUT2D eigenvalue weighted by Crippen LogP contribution is -2.35. The molecule has 0 spiro atoms. The van der Waals surface area contributed by atoms with Crippen LogP contribution < -0.4 is 5.73 Å². The maximum absolute atomic E-state index is 9.65. The Morgan fingerprint density at radius 3 is 2.46 bits per heavy atom. The van der Waals surface area contributed by atoms with Crippen molar-refractivity contribution in [2.75, 3.05) is 0 Å². The van der Waals surface area contributed by atoms with Crippen LogP contribution in [0.2, 0.25) is 0 Å². The summed E-state index contributed by atoms with van der Waals surface area (Å²) in [4.78, 5) is 0. The normalized spacial score (nSPS) is 15.3. The summed E-state index contributed by atoms with van der Waals surface area (Å²) in [5, 5.41) is 9.65. The number of hydrogen-bond acceptors (Lipinski definition) is 2. The Morgan fingerprint density at radius 1 is 1.31 bits per heavy atom. The maximum Gasteiger partial charge on any atom is 0.0731 e. The number of benzene rings is 1.